The second-order valence-electron chi connectivity index (χ2n) is 5.17. The van der Waals surface area contributed by atoms with Gasteiger partial charge in [0.05, 0.1) is 4.88 Å². The van der Waals surface area contributed by atoms with Crippen LogP contribution in [0.2, 0.25) is 0 Å². The zero-order valence-corrected chi connectivity index (χ0v) is 13.7. The van der Waals surface area contributed by atoms with E-state index in [2.05, 4.69) is 4.72 Å². The van der Waals surface area contributed by atoms with E-state index in [1.165, 1.54) is 32.1 Å². The summed E-state index contributed by atoms with van der Waals surface area (Å²) in [6.07, 6.45) is 7.25. The van der Waals surface area contributed by atoms with Gasteiger partial charge in [0.25, 0.3) is 0 Å². The SMILES string of the molecule is NC(=S)c1ccc(S(=O)(=O)NCCC2CCCCC2)s1. The molecule has 0 bridgehead atoms. The minimum Gasteiger partial charge on any atom is -0.389 e. The van der Waals surface area contributed by atoms with Gasteiger partial charge < -0.3 is 5.73 Å². The molecular formula is C13H20N2O2S3. The lowest BCUT2D eigenvalue weighted by Gasteiger charge is -2.21. The van der Waals surface area contributed by atoms with Crippen molar-refractivity contribution >= 4 is 38.6 Å². The molecule has 0 spiro atoms. The van der Waals surface area contributed by atoms with E-state index < -0.39 is 10.0 Å². The van der Waals surface area contributed by atoms with Gasteiger partial charge in [0.15, 0.2) is 0 Å². The van der Waals surface area contributed by atoms with Gasteiger partial charge in [-0.25, -0.2) is 13.1 Å². The number of hydrogen-bond donors (Lipinski definition) is 2. The molecule has 0 aromatic carbocycles. The van der Waals surface area contributed by atoms with Crippen molar-refractivity contribution < 1.29 is 8.42 Å². The first-order chi connectivity index (χ1) is 9.49. The lowest BCUT2D eigenvalue weighted by Crippen LogP contribution is -2.26. The summed E-state index contributed by atoms with van der Waals surface area (Å²) in [5, 5.41) is 0. The molecule has 0 radical (unpaired) electrons. The van der Waals surface area contributed by atoms with E-state index in [1.807, 2.05) is 0 Å². The fourth-order valence-electron chi connectivity index (χ4n) is 2.54. The molecule has 1 aromatic heterocycles. The summed E-state index contributed by atoms with van der Waals surface area (Å²) in [5.41, 5.74) is 5.49. The van der Waals surface area contributed by atoms with E-state index in [-0.39, 0.29) is 9.20 Å². The summed E-state index contributed by atoms with van der Waals surface area (Å²) in [5.74, 6) is 0.668. The highest BCUT2D eigenvalue weighted by molar-refractivity contribution is 7.91. The second-order valence-corrected chi connectivity index (χ2v) is 8.69. The fraction of sp³-hybridized carbons (Fsp3) is 0.615. The van der Waals surface area contributed by atoms with Crippen LogP contribution in [0.15, 0.2) is 16.3 Å². The Hall–Kier alpha value is -0.500. The normalized spacial score (nSPS) is 17.2. The van der Waals surface area contributed by atoms with Crippen LogP contribution < -0.4 is 10.5 Å². The molecule has 2 rings (SSSR count). The zero-order chi connectivity index (χ0) is 14.6. The van der Waals surface area contributed by atoms with E-state index in [0.717, 1.165) is 17.8 Å². The summed E-state index contributed by atoms with van der Waals surface area (Å²) in [7, 11) is -3.42. The summed E-state index contributed by atoms with van der Waals surface area (Å²) >= 11 is 5.96. The zero-order valence-electron chi connectivity index (χ0n) is 11.3. The Morgan fingerprint density at radius 2 is 2.05 bits per heavy atom. The summed E-state index contributed by atoms with van der Waals surface area (Å²) in [6, 6.07) is 3.21. The highest BCUT2D eigenvalue weighted by Crippen LogP contribution is 2.26. The van der Waals surface area contributed by atoms with Gasteiger partial charge in [-0.3, -0.25) is 0 Å². The van der Waals surface area contributed by atoms with Crippen molar-refractivity contribution in [3.05, 3.63) is 17.0 Å². The monoisotopic (exact) mass is 332 g/mol. The first-order valence-electron chi connectivity index (χ1n) is 6.88. The van der Waals surface area contributed by atoms with Crippen LogP contribution in [0, 0.1) is 5.92 Å². The van der Waals surface area contributed by atoms with Gasteiger partial charge in [0.1, 0.15) is 9.20 Å². The Morgan fingerprint density at radius 3 is 2.65 bits per heavy atom. The Kier molecular flexibility index (Phi) is 5.54. The van der Waals surface area contributed by atoms with E-state index in [0.29, 0.717) is 17.3 Å². The molecule has 1 aromatic rings. The summed E-state index contributed by atoms with van der Waals surface area (Å²) < 4.78 is 27.2. The average Bonchev–Trinajstić information content (AvgIpc) is 2.90. The lowest BCUT2D eigenvalue weighted by atomic mass is 9.87. The number of rotatable bonds is 6. The van der Waals surface area contributed by atoms with E-state index in [4.69, 9.17) is 18.0 Å². The van der Waals surface area contributed by atoms with Crippen LogP contribution in [0.4, 0.5) is 0 Å². The van der Waals surface area contributed by atoms with E-state index in [9.17, 15) is 8.42 Å². The largest absolute Gasteiger partial charge is 0.389 e. The third-order valence-corrected chi connectivity index (χ3v) is 7.08. The Morgan fingerprint density at radius 1 is 1.35 bits per heavy atom. The average molecular weight is 333 g/mol. The predicted molar refractivity (Wildman–Crippen MR) is 86.6 cm³/mol. The molecule has 1 heterocycles. The molecule has 4 nitrogen and oxygen atoms in total. The molecule has 0 aliphatic heterocycles. The number of thiocarbonyl (C=S) groups is 1. The lowest BCUT2D eigenvalue weighted by molar-refractivity contribution is 0.340. The molecule has 1 aliphatic rings. The molecule has 0 unspecified atom stereocenters. The van der Waals surface area contributed by atoms with Gasteiger partial charge in [-0.2, -0.15) is 0 Å². The molecule has 1 saturated carbocycles. The van der Waals surface area contributed by atoms with Crippen LogP contribution in [0.1, 0.15) is 43.4 Å². The number of thiophene rings is 1. The van der Waals surface area contributed by atoms with Gasteiger partial charge >= 0.3 is 0 Å². The van der Waals surface area contributed by atoms with Crippen molar-refractivity contribution in [1.29, 1.82) is 0 Å². The summed E-state index contributed by atoms with van der Waals surface area (Å²) in [6.45, 7) is 0.507. The van der Waals surface area contributed by atoms with Crippen molar-refractivity contribution in [2.45, 2.75) is 42.7 Å². The van der Waals surface area contributed by atoms with Crippen molar-refractivity contribution in [2.75, 3.05) is 6.54 Å². The molecule has 1 aliphatic carbocycles. The van der Waals surface area contributed by atoms with Crippen molar-refractivity contribution in [3.8, 4) is 0 Å². The Balaban J connectivity index is 1.88. The number of nitrogens with two attached hydrogens (primary N) is 1. The molecule has 20 heavy (non-hydrogen) atoms. The predicted octanol–water partition coefficient (Wildman–Crippen LogP) is 2.63. The molecule has 1 fully saturated rings. The van der Waals surface area contributed by atoms with Crippen LogP contribution in [-0.2, 0) is 10.0 Å². The van der Waals surface area contributed by atoms with Crippen LogP contribution in [0.3, 0.4) is 0 Å². The molecule has 0 amide bonds. The third kappa shape index (κ3) is 4.25. The quantitative estimate of drug-likeness (QED) is 0.786. The first-order valence-corrected chi connectivity index (χ1v) is 9.59. The van der Waals surface area contributed by atoms with Crippen molar-refractivity contribution in [2.24, 2.45) is 11.7 Å². The highest BCUT2D eigenvalue weighted by Gasteiger charge is 2.19. The van der Waals surface area contributed by atoms with Crippen LogP contribution >= 0.6 is 23.6 Å². The maximum atomic E-state index is 12.1. The highest BCUT2D eigenvalue weighted by atomic mass is 32.2. The van der Waals surface area contributed by atoms with Crippen molar-refractivity contribution in [1.82, 2.24) is 4.72 Å². The van der Waals surface area contributed by atoms with Gasteiger partial charge in [0, 0.05) is 6.54 Å². The maximum absolute atomic E-state index is 12.1. The maximum Gasteiger partial charge on any atom is 0.250 e. The third-order valence-electron chi connectivity index (χ3n) is 3.66. The van der Waals surface area contributed by atoms with Crippen LogP contribution in [-0.4, -0.2) is 20.0 Å². The topological polar surface area (TPSA) is 72.2 Å². The van der Waals surface area contributed by atoms with Gasteiger partial charge in [-0.15, -0.1) is 11.3 Å². The van der Waals surface area contributed by atoms with Crippen molar-refractivity contribution in [3.63, 3.8) is 0 Å². The van der Waals surface area contributed by atoms with Gasteiger partial charge in [-0.05, 0) is 24.5 Å². The molecular weight excluding hydrogens is 312 g/mol. The summed E-state index contributed by atoms with van der Waals surface area (Å²) in [4.78, 5) is 0.867. The first kappa shape index (κ1) is 15.9. The van der Waals surface area contributed by atoms with Gasteiger partial charge in [-0.1, -0.05) is 44.3 Å². The Labute approximate surface area is 129 Å². The number of sulfonamides is 1. The fourth-order valence-corrected chi connectivity index (χ4v) is 4.98. The molecule has 7 heteroatoms. The minimum absolute atomic E-state index is 0.235. The van der Waals surface area contributed by atoms with E-state index in [1.54, 1.807) is 12.1 Å². The second kappa shape index (κ2) is 6.98. The Bertz CT molecular complexity index is 560. The number of nitrogens with one attached hydrogen (secondary N) is 1. The molecule has 0 atom stereocenters. The van der Waals surface area contributed by atoms with Crippen LogP contribution in [0.25, 0.3) is 0 Å². The van der Waals surface area contributed by atoms with E-state index >= 15 is 0 Å². The van der Waals surface area contributed by atoms with Gasteiger partial charge in [0.2, 0.25) is 10.0 Å². The minimum atomic E-state index is -3.42. The molecule has 3 N–H and O–H groups in total. The number of hydrogen-bond acceptors (Lipinski definition) is 4. The van der Waals surface area contributed by atoms with Crippen LogP contribution in [0.5, 0.6) is 0 Å². The molecule has 0 saturated heterocycles. The smallest absolute Gasteiger partial charge is 0.250 e. The molecule has 112 valence electrons. The standard InChI is InChI=1S/C13H20N2O2S3/c14-13(18)11-6-7-12(19-11)20(16,17)15-9-8-10-4-2-1-3-5-10/h6-7,10,15H,1-5,8-9H2,(H2,14,18).